The van der Waals surface area contributed by atoms with Gasteiger partial charge in [0.1, 0.15) is 0 Å². The first kappa shape index (κ1) is 52.8. The summed E-state index contributed by atoms with van der Waals surface area (Å²) in [6.45, 7) is 10.1. The minimum Gasteiger partial charge on any atom is -0.334 e. The molecule has 2 fully saturated rings. The van der Waals surface area contributed by atoms with E-state index >= 15 is 0 Å². The van der Waals surface area contributed by atoms with Gasteiger partial charge < -0.3 is 9.80 Å². The van der Waals surface area contributed by atoms with Gasteiger partial charge in [0.05, 0.1) is 11.1 Å². The first-order valence-corrected chi connectivity index (χ1v) is 32.3. The lowest BCUT2D eigenvalue weighted by Gasteiger charge is -2.50. The van der Waals surface area contributed by atoms with Gasteiger partial charge in [-0.2, -0.15) is 0 Å². The van der Waals surface area contributed by atoms with E-state index in [1.807, 2.05) is 0 Å². The van der Waals surface area contributed by atoms with Crippen molar-refractivity contribution in [3.63, 3.8) is 0 Å². The Morgan fingerprint density at radius 2 is 0.568 bits per heavy atom. The summed E-state index contributed by atoms with van der Waals surface area (Å²) in [6, 6.07) is 102. The zero-order valence-electron chi connectivity index (χ0n) is 51.0. The molecule has 13 aromatic rings. The summed E-state index contributed by atoms with van der Waals surface area (Å²) in [4.78, 5) is 5.36. The second-order valence-electron chi connectivity index (χ2n) is 26.8. The molecule has 88 heavy (non-hydrogen) atoms. The van der Waals surface area contributed by atoms with Crippen LogP contribution in [0.25, 0.3) is 110 Å². The van der Waals surface area contributed by atoms with Gasteiger partial charge in [0.2, 0.25) is 0 Å². The van der Waals surface area contributed by atoms with Crippen molar-refractivity contribution in [3.8, 4) is 66.8 Å². The second kappa shape index (κ2) is 20.0. The van der Waals surface area contributed by atoms with Crippen molar-refractivity contribution in [2.45, 2.75) is 101 Å². The van der Waals surface area contributed by atoms with Gasteiger partial charge in [-0.3, -0.25) is 0 Å². The van der Waals surface area contributed by atoms with E-state index in [-0.39, 0.29) is 21.9 Å². The Balaban J connectivity index is 0.806. The monoisotopic (exact) mass is 1130 g/mol. The van der Waals surface area contributed by atoms with Crippen LogP contribution in [0.15, 0.2) is 267 Å². The zero-order valence-corrected chi connectivity index (χ0v) is 51.0. The highest BCUT2D eigenvalue weighted by atomic mass is 15.3. The molecule has 0 radical (unpaired) electrons. The fraction of sp³-hybridized carbons (Fsp3) is 0.186. The standard InChI is InChI=1S/C86H72N2/c1-83-49-17-19-51-85(83,3)87(63-29-13-7-14-30-63)79-47-43-61(55-77(79)83)67-35-23-37-69-65(33-21-39-71(67)69)59-41-45-73-75(53-59)81(57-25-9-5-10-26-57)74-46-42-60(54-76(74)82(73)58-27-11-6-12-28-58)66-34-22-40-72-68(36-24-38-70(66)72)62-44-48-80-78(56-62)84(2)50-18-20-52-86(84,4)88(80)64-31-15-8-16-32-64/h5-16,21-48,53-56H,17-20,49-52H2,1-4H3. The summed E-state index contributed by atoms with van der Waals surface area (Å²) in [6.07, 6.45) is 9.77. The van der Waals surface area contributed by atoms with E-state index in [0.29, 0.717) is 0 Å². The molecule has 0 spiro atoms. The van der Waals surface area contributed by atoms with Crippen molar-refractivity contribution in [3.05, 3.63) is 278 Å². The Hall–Kier alpha value is -9.50. The molecule has 4 unspecified atom stereocenters. The highest BCUT2D eigenvalue weighted by Crippen LogP contribution is 2.63. The molecule has 4 aliphatic rings. The predicted octanol–water partition coefficient (Wildman–Crippen LogP) is 23.8. The molecule has 2 heteroatoms. The molecule has 2 aliphatic carbocycles. The van der Waals surface area contributed by atoms with Crippen molar-refractivity contribution < 1.29 is 0 Å². The van der Waals surface area contributed by atoms with Gasteiger partial charge in [0, 0.05) is 33.6 Å². The quantitative estimate of drug-likeness (QED) is 0.140. The number of rotatable bonds is 8. The molecule has 2 saturated carbocycles. The Kier molecular flexibility index (Phi) is 12.0. The SMILES string of the molecule is CC12CCCCC1(C)N(c1ccccc1)c1ccc(-c3cccc4c(-c5ccc6c(-c7ccccc7)c7cc(-c8cccc9c(-c%10ccc%11c(c%10)C%10(C)CCCCC%10(C)N%11c%10ccccc%10)cccc89)ccc7c(-c7ccccc7)c6c5)cccc34)cc12. The van der Waals surface area contributed by atoms with E-state index in [9.17, 15) is 0 Å². The summed E-state index contributed by atoms with van der Waals surface area (Å²) < 4.78 is 0. The number of nitrogens with zero attached hydrogens (tertiary/aromatic N) is 2. The third-order valence-electron chi connectivity index (χ3n) is 22.6. The van der Waals surface area contributed by atoms with Crippen LogP contribution in [-0.4, -0.2) is 11.1 Å². The van der Waals surface area contributed by atoms with Crippen LogP contribution >= 0.6 is 0 Å². The molecule has 0 aromatic heterocycles. The molecule has 426 valence electrons. The maximum absolute atomic E-state index is 2.68. The lowest BCUT2D eigenvalue weighted by molar-refractivity contribution is 0.195. The second-order valence-corrected chi connectivity index (χ2v) is 26.8. The van der Waals surface area contributed by atoms with E-state index in [1.165, 1.54) is 195 Å². The Labute approximate surface area is 518 Å². The number of hydrogen-bond acceptors (Lipinski definition) is 2. The zero-order chi connectivity index (χ0) is 58.9. The van der Waals surface area contributed by atoms with E-state index in [1.54, 1.807) is 0 Å². The lowest BCUT2D eigenvalue weighted by Crippen LogP contribution is -2.54. The molecule has 4 atom stereocenters. The molecule has 0 N–H and O–H groups in total. The van der Waals surface area contributed by atoms with Gasteiger partial charge >= 0.3 is 0 Å². The molecular weight excluding hydrogens is 1060 g/mol. The summed E-state index contributed by atoms with van der Waals surface area (Å²) >= 11 is 0. The predicted molar refractivity (Wildman–Crippen MR) is 375 cm³/mol. The summed E-state index contributed by atoms with van der Waals surface area (Å²) in [7, 11) is 0. The average Bonchev–Trinajstić information content (AvgIpc) is 1.55. The topological polar surface area (TPSA) is 6.48 Å². The lowest BCUT2D eigenvalue weighted by atomic mass is 9.61. The van der Waals surface area contributed by atoms with E-state index in [4.69, 9.17) is 0 Å². The van der Waals surface area contributed by atoms with Gasteiger partial charge in [0.25, 0.3) is 0 Å². The molecular formula is C86H72N2. The summed E-state index contributed by atoms with van der Waals surface area (Å²) in [5.41, 5.74) is 23.3. The van der Waals surface area contributed by atoms with Crippen LogP contribution in [0.5, 0.6) is 0 Å². The highest BCUT2D eigenvalue weighted by Gasteiger charge is 2.59. The Bertz CT molecular complexity index is 4620. The third-order valence-corrected chi connectivity index (χ3v) is 22.6. The van der Waals surface area contributed by atoms with Gasteiger partial charge in [-0.15, -0.1) is 0 Å². The molecule has 2 heterocycles. The van der Waals surface area contributed by atoms with Crippen LogP contribution in [0, 0.1) is 0 Å². The first-order chi connectivity index (χ1) is 43.1. The fourth-order valence-electron chi connectivity index (χ4n) is 17.8. The number of para-hydroxylation sites is 2. The normalized spacial score (nSPS) is 21.2. The van der Waals surface area contributed by atoms with E-state index in [0.717, 1.165) is 0 Å². The maximum atomic E-state index is 2.68. The van der Waals surface area contributed by atoms with Crippen LogP contribution in [0.3, 0.4) is 0 Å². The van der Waals surface area contributed by atoms with Gasteiger partial charge in [-0.05, 0) is 221 Å². The number of benzene rings is 13. The summed E-state index contributed by atoms with van der Waals surface area (Å²) in [5, 5.41) is 10.1. The van der Waals surface area contributed by atoms with E-state index in [2.05, 4.69) is 304 Å². The Morgan fingerprint density at radius 3 is 0.932 bits per heavy atom. The smallest absolute Gasteiger partial charge is 0.0517 e. The molecule has 0 bridgehead atoms. The maximum Gasteiger partial charge on any atom is 0.0517 e. The van der Waals surface area contributed by atoms with Crippen molar-refractivity contribution in [2.75, 3.05) is 9.80 Å². The largest absolute Gasteiger partial charge is 0.334 e. The molecule has 0 saturated heterocycles. The summed E-state index contributed by atoms with van der Waals surface area (Å²) in [5.74, 6) is 0. The number of hydrogen-bond donors (Lipinski definition) is 0. The van der Waals surface area contributed by atoms with Crippen molar-refractivity contribution in [2.24, 2.45) is 0 Å². The third kappa shape index (κ3) is 7.67. The van der Waals surface area contributed by atoms with Crippen LogP contribution in [0.4, 0.5) is 22.7 Å². The van der Waals surface area contributed by atoms with Crippen molar-refractivity contribution >= 4 is 65.8 Å². The molecule has 17 rings (SSSR count). The van der Waals surface area contributed by atoms with Crippen molar-refractivity contribution in [1.29, 1.82) is 0 Å². The van der Waals surface area contributed by atoms with Crippen LogP contribution in [0.1, 0.15) is 90.2 Å². The van der Waals surface area contributed by atoms with Gasteiger partial charge in [0.15, 0.2) is 0 Å². The van der Waals surface area contributed by atoms with Crippen molar-refractivity contribution in [1.82, 2.24) is 0 Å². The minimum absolute atomic E-state index is 0.00251. The molecule has 0 amide bonds. The average molecular weight is 1130 g/mol. The van der Waals surface area contributed by atoms with E-state index < -0.39 is 0 Å². The number of fused-ring (bicyclic) bond motifs is 10. The Morgan fingerprint density at radius 1 is 0.250 bits per heavy atom. The van der Waals surface area contributed by atoms with Crippen LogP contribution in [0.2, 0.25) is 0 Å². The highest BCUT2D eigenvalue weighted by molar-refractivity contribution is 6.23. The fourth-order valence-corrected chi connectivity index (χ4v) is 17.8. The molecule has 13 aromatic carbocycles. The molecule has 2 aliphatic heterocycles. The first-order valence-electron chi connectivity index (χ1n) is 32.3. The van der Waals surface area contributed by atoms with Crippen LogP contribution < -0.4 is 9.80 Å². The minimum atomic E-state index is -0.00251. The van der Waals surface area contributed by atoms with Gasteiger partial charge in [-0.1, -0.05) is 246 Å². The van der Waals surface area contributed by atoms with Crippen LogP contribution in [-0.2, 0) is 10.8 Å². The molecule has 2 nitrogen and oxygen atoms in total. The number of anilines is 4. The van der Waals surface area contributed by atoms with Gasteiger partial charge in [-0.25, -0.2) is 0 Å².